The van der Waals surface area contributed by atoms with Gasteiger partial charge in [-0.2, -0.15) is 0 Å². The molecule has 0 aromatic carbocycles. The second-order valence-electron chi connectivity index (χ2n) is 2.00. The minimum absolute atomic E-state index is 0.0285. The Morgan fingerprint density at radius 3 is 2.64 bits per heavy atom. The summed E-state index contributed by atoms with van der Waals surface area (Å²) in [7, 11) is 0. The quantitative estimate of drug-likeness (QED) is 0.124. The van der Waals surface area contributed by atoms with Gasteiger partial charge in [-0.15, -0.1) is 0 Å². The molecule has 0 saturated heterocycles. The van der Waals surface area contributed by atoms with Gasteiger partial charge in [-0.05, 0) is 6.92 Å². The molecule has 0 atom stereocenters. The van der Waals surface area contributed by atoms with Crippen molar-refractivity contribution in [3.05, 3.63) is 24.5 Å². The highest BCUT2D eigenvalue weighted by Gasteiger charge is 2.06. The van der Waals surface area contributed by atoms with Crippen molar-refractivity contribution in [3.8, 4) is 0 Å². The molecule has 74 valence electrons. The van der Waals surface area contributed by atoms with Crippen LogP contribution in [0.1, 0.15) is 6.92 Å². The first kappa shape index (κ1) is 11.8. The van der Waals surface area contributed by atoms with Gasteiger partial charge in [0.05, 0.1) is 5.57 Å². The summed E-state index contributed by atoms with van der Waals surface area (Å²) in [5, 5.41) is 2.58. The third-order valence-electron chi connectivity index (χ3n) is 1.01. The first-order valence-electron chi connectivity index (χ1n) is 3.40. The molecule has 0 rings (SSSR count). The molecule has 0 aliphatic rings. The summed E-state index contributed by atoms with van der Waals surface area (Å²) in [6, 6.07) is 0. The maximum atomic E-state index is 10.8. The summed E-state index contributed by atoms with van der Waals surface area (Å²) in [4.78, 5) is 34.9. The van der Waals surface area contributed by atoms with Crippen molar-refractivity contribution in [2.75, 3.05) is 0 Å². The lowest BCUT2D eigenvalue weighted by atomic mass is 10.3. The second kappa shape index (κ2) is 6.33. The zero-order chi connectivity index (χ0) is 11.0. The molecule has 0 aliphatic heterocycles. The van der Waals surface area contributed by atoms with Crippen LogP contribution >= 0.6 is 0 Å². The van der Waals surface area contributed by atoms with Crippen LogP contribution in [-0.4, -0.2) is 18.0 Å². The van der Waals surface area contributed by atoms with Gasteiger partial charge in [0.2, 0.25) is 0 Å². The zero-order valence-corrected chi connectivity index (χ0v) is 7.35. The highest BCUT2D eigenvalue weighted by Crippen LogP contribution is 1.97. The zero-order valence-electron chi connectivity index (χ0n) is 7.35. The summed E-state index contributed by atoms with van der Waals surface area (Å²) in [5.41, 5.74) is -0.0285. The van der Waals surface area contributed by atoms with Gasteiger partial charge >= 0.3 is 11.9 Å². The molecule has 0 saturated carbocycles. The molecule has 0 unspecified atom stereocenters. The molecule has 6 heteroatoms. The largest absolute Gasteiger partial charge is 0.431 e. The number of hydrogen-bond donors (Lipinski definition) is 0. The van der Waals surface area contributed by atoms with Crippen molar-refractivity contribution in [2.45, 2.75) is 6.92 Å². The Kier molecular flexibility index (Phi) is 5.34. The number of carbonyl (C=O) groups excluding carboxylic acids is 3. The molecule has 6 nitrogen and oxygen atoms in total. The minimum Gasteiger partial charge on any atom is -0.431 e. The van der Waals surface area contributed by atoms with Gasteiger partial charge in [0.1, 0.15) is 6.26 Å². The smallest absolute Gasteiger partial charge is 0.365 e. The molecule has 0 radical (unpaired) electrons. The standard InChI is InChI=1S/C8H7NO5/c1-3-7(11)13-4-6(2)8(12)14-9-5-10/h3-4H,1H2,2H3. The van der Waals surface area contributed by atoms with Crippen molar-refractivity contribution < 1.29 is 24.0 Å². The van der Waals surface area contributed by atoms with Crippen LogP contribution in [0.15, 0.2) is 29.6 Å². The topological polar surface area (TPSA) is 82.0 Å². The summed E-state index contributed by atoms with van der Waals surface area (Å²) in [6.45, 7) is 4.46. The Balaban J connectivity index is 4.23. The monoisotopic (exact) mass is 197 g/mol. The van der Waals surface area contributed by atoms with Crippen LogP contribution in [0.25, 0.3) is 0 Å². The van der Waals surface area contributed by atoms with Gasteiger partial charge in [0.25, 0.3) is 6.08 Å². The Bertz CT molecular complexity index is 325. The van der Waals surface area contributed by atoms with Crippen LogP contribution < -0.4 is 0 Å². The van der Waals surface area contributed by atoms with Crippen molar-refractivity contribution in [1.82, 2.24) is 0 Å². The Morgan fingerprint density at radius 2 is 2.14 bits per heavy atom. The van der Waals surface area contributed by atoms with Crippen LogP contribution in [0.4, 0.5) is 0 Å². The van der Waals surface area contributed by atoms with Gasteiger partial charge in [0, 0.05) is 11.2 Å². The molecule has 0 fully saturated rings. The molecule has 0 heterocycles. The summed E-state index contributed by atoms with van der Waals surface area (Å²) >= 11 is 0. The summed E-state index contributed by atoms with van der Waals surface area (Å²) in [6.07, 6.45) is 2.81. The predicted molar refractivity (Wildman–Crippen MR) is 44.3 cm³/mol. The number of isocyanates is 1. The average Bonchev–Trinajstić information content (AvgIpc) is 2.21. The van der Waals surface area contributed by atoms with E-state index in [-0.39, 0.29) is 5.57 Å². The van der Waals surface area contributed by atoms with E-state index in [9.17, 15) is 14.4 Å². The Morgan fingerprint density at radius 1 is 1.50 bits per heavy atom. The van der Waals surface area contributed by atoms with Crippen molar-refractivity contribution in [3.63, 3.8) is 0 Å². The maximum absolute atomic E-state index is 10.8. The lowest BCUT2D eigenvalue weighted by molar-refractivity contribution is -0.139. The van der Waals surface area contributed by atoms with E-state index in [1.165, 1.54) is 6.92 Å². The van der Waals surface area contributed by atoms with E-state index < -0.39 is 11.9 Å². The average molecular weight is 197 g/mol. The molecular weight excluding hydrogens is 190 g/mol. The number of hydrogen-bond acceptors (Lipinski definition) is 6. The summed E-state index contributed by atoms with van der Waals surface area (Å²) < 4.78 is 4.39. The van der Waals surface area contributed by atoms with Crippen molar-refractivity contribution >= 4 is 18.0 Å². The molecule has 14 heavy (non-hydrogen) atoms. The lowest BCUT2D eigenvalue weighted by Gasteiger charge is -1.96. The number of carbonyl (C=O) groups is 2. The van der Waals surface area contributed by atoms with Crippen LogP contribution in [-0.2, 0) is 24.0 Å². The number of ether oxygens (including phenoxy) is 1. The van der Waals surface area contributed by atoms with Crippen LogP contribution in [0.3, 0.4) is 0 Å². The lowest BCUT2D eigenvalue weighted by Crippen LogP contribution is -2.03. The summed E-state index contributed by atoms with van der Waals surface area (Å²) in [5.74, 6) is -1.62. The third-order valence-corrected chi connectivity index (χ3v) is 1.01. The van der Waals surface area contributed by atoms with Gasteiger partial charge < -0.3 is 9.57 Å². The van der Waals surface area contributed by atoms with Gasteiger partial charge in [0.15, 0.2) is 0 Å². The van der Waals surface area contributed by atoms with Gasteiger partial charge in [-0.25, -0.2) is 14.4 Å². The molecule has 0 N–H and O–H groups in total. The molecule has 0 aromatic rings. The molecule has 0 aliphatic carbocycles. The fourth-order valence-corrected chi connectivity index (χ4v) is 0.375. The van der Waals surface area contributed by atoms with E-state index in [1.807, 2.05) is 0 Å². The maximum Gasteiger partial charge on any atom is 0.365 e. The van der Waals surface area contributed by atoms with Crippen molar-refractivity contribution in [1.29, 1.82) is 0 Å². The van der Waals surface area contributed by atoms with E-state index in [0.29, 0.717) is 0 Å². The number of rotatable bonds is 4. The third kappa shape index (κ3) is 4.63. The normalized spacial score (nSPS) is 9.64. The van der Waals surface area contributed by atoms with Gasteiger partial charge in [-0.1, -0.05) is 6.58 Å². The van der Waals surface area contributed by atoms with E-state index >= 15 is 0 Å². The van der Waals surface area contributed by atoms with Crippen LogP contribution in [0.2, 0.25) is 0 Å². The molecule has 0 aromatic heterocycles. The van der Waals surface area contributed by atoms with Crippen LogP contribution in [0.5, 0.6) is 0 Å². The molecule has 0 amide bonds. The van der Waals surface area contributed by atoms with Crippen molar-refractivity contribution in [2.24, 2.45) is 5.16 Å². The number of nitrogens with zero attached hydrogens (tertiary/aromatic N) is 1. The Labute approximate surface area is 79.5 Å². The minimum atomic E-state index is -0.912. The first-order chi connectivity index (χ1) is 6.61. The number of esters is 1. The van der Waals surface area contributed by atoms with Gasteiger partial charge in [-0.3, -0.25) is 0 Å². The van der Waals surface area contributed by atoms with E-state index in [2.05, 4.69) is 21.3 Å². The fourth-order valence-electron chi connectivity index (χ4n) is 0.375. The Hall–Kier alpha value is -2.20. The molecule has 0 bridgehead atoms. The van der Waals surface area contributed by atoms with Crippen LogP contribution in [0, 0.1) is 0 Å². The second-order valence-corrected chi connectivity index (χ2v) is 2.00. The molecular formula is C8H7NO5. The SMILES string of the molecule is C=CC(=O)OC=C(C)C(=O)ON=C=O. The van der Waals surface area contributed by atoms with E-state index in [4.69, 9.17) is 0 Å². The predicted octanol–water partition coefficient (Wildman–Crippen LogP) is 0.413. The fraction of sp³-hybridized carbons (Fsp3) is 0.125. The van der Waals surface area contributed by atoms with E-state index in [1.54, 1.807) is 0 Å². The molecule has 0 spiro atoms. The first-order valence-corrected chi connectivity index (χ1v) is 3.40. The highest BCUT2D eigenvalue weighted by molar-refractivity contribution is 5.88. The van der Waals surface area contributed by atoms with E-state index in [0.717, 1.165) is 18.4 Å². The highest BCUT2D eigenvalue weighted by atomic mass is 16.7.